The number of nitrogens with one attached hydrogen (secondary N) is 2. The molecule has 0 saturated carbocycles. The number of nitrogens with zero attached hydrogens (tertiary/aromatic N) is 1. The minimum atomic E-state index is -1.36. The van der Waals surface area contributed by atoms with E-state index < -0.39 is 57.6 Å². The number of benzene rings is 3. The topological polar surface area (TPSA) is 166 Å². The maximum atomic E-state index is 13.6. The zero-order valence-electron chi connectivity index (χ0n) is 22.4. The van der Waals surface area contributed by atoms with Crippen LogP contribution >= 0.6 is 11.8 Å². The largest absolute Gasteiger partial charge is 0.508 e. The SMILES string of the molecule is CC1(C)S[C@@H]2[C@H](NC(=O)C(NC(=O)c3cc4ccc5ccccc5c4oc3=O)c3ccc(O)cc3)C(=O)N2[C@H]1C(=O)O. The number of aromatic hydroxyl groups is 1. The summed E-state index contributed by atoms with van der Waals surface area (Å²) in [6.07, 6.45) is 0. The van der Waals surface area contributed by atoms with E-state index in [1.165, 1.54) is 47.0 Å². The van der Waals surface area contributed by atoms with Crippen LogP contribution in [0.1, 0.15) is 35.8 Å². The molecule has 2 aliphatic rings. The smallest absolute Gasteiger partial charge is 0.349 e. The van der Waals surface area contributed by atoms with Gasteiger partial charge >= 0.3 is 11.6 Å². The molecule has 0 radical (unpaired) electrons. The monoisotopic (exact) mass is 587 g/mol. The summed E-state index contributed by atoms with van der Waals surface area (Å²) in [5.41, 5.74) is -0.610. The molecule has 42 heavy (non-hydrogen) atoms. The first-order chi connectivity index (χ1) is 20.0. The number of hydrogen-bond acceptors (Lipinski definition) is 8. The molecule has 3 aromatic carbocycles. The summed E-state index contributed by atoms with van der Waals surface area (Å²) in [5, 5.41) is 26.1. The van der Waals surface area contributed by atoms with Gasteiger partial charge in [0.1, 0.15) is 40.4 Å². The second-order valence-corrected chi connectivity index (χ2v) is 12.5. The number of carboxylic acids is 1. The summed E-state index contributed by atoms with van der Waals surface area (Å²) in [4.78, 5) is 65.9. The maximum absolute atomic E-state index is 13.6. The number of amides is 3. The Labute approximate surface area is 242 Å². The fourth-order valence-electron chi connectivity index (χ4n) is 5.57. The number of phenols is 1. The summed E-state index contributed by atoms with van der Waals surface area (Å²) in [6.45, 7) is 3.44. The van der Waals surface area contributed by atoms with Crippen LogP contribution in [0.15, 0.2) is 75.9 Å². The fourth-order valence-corrected chi connectivity index (χ4v) is 7.19. The first-order valence-electron chi connectivity index (χ1n) is 13.0. The number of carbonyl (C=O) groups is 4. The molecule has 2 aliphatic heterocycles. The molecular weight excluding hydrogens is 562 g/mol. The van der Waals surface area contributed by atoms with E-state index in [-0.39, 0.29) is 16.9 Å². The van der Waals surface area contributed by atoms with Crippen LogP contribution in [0, 0.1) is 0 Å². The molecule has 4 N–H and O–H groups in total. The molecule has 4 aromatic rings. The number of carboxylic acid groups (broad SMARTS) is 1. The second-order valence-electron chi connectivity index (χ2n) is 10.7. The lowest BCUT2D eigenvalue weighted by Gasteiger charge is -2.44. The molecule has 2 saturated heterocycles. The van der Waals surface area contributed by atoms with E-state index >= 15 is 0 Å². The predicted octanol–water partition coefficient (Wildman–Crippen LogP) is 2.75. The third-order valence-corrected chi connectivity index (χ3v) is 9.18. The van der Waals surface area contributed by atoms with Crippen molar-refractivity contribution in [3.05, 3.63) is 88.3 Å². The van der Waals surface area contributed by atoms with E-state index in [2.05, 4.69) is 10.6 Å². The summed E-state index contributed by atoms with van der Waals surface area (Å²) < 4.78 is 4.76. The number of rotatable bonds is 6. The standard InChI is InChI=1S/C30H25N3O8S/c1-30(2)23(28(38)39)33-26(37)21(27(33)42-30)32-25(36)20(15-9-11-17(34)12-10-15)31-24(35)19-13-16-8-7-14-5-3-4-6-18(14)22(16)41-29(19)40/h3-13,20-21,23,27,34H,1-2H3,(H,31,35)(H,32,36)(H,38,39)/t20?,21-,23+,27-/m1/s1. The Morgan fingerprint density at radius 1 is 1.00 bits per heavy atom. The van der Waals surface area contributed by atoms with Gasteiger partial charge in [-0.15, -0.1) is 11.8 Å². The highest BCUT2D eigenvalue weighted by atomic mass is 32.2. The first kappa shape index (κ1) is 27.3. The Morgan fingerprint density at radius 2 is 1.69 bits per heavy atom. The molecule has 3 amide bonds. The maximum Gasteiger partial charge on any atom is 0.349 e. The van der Waals surface area contributed by atoms with Gasteiger partial charge in [0.15, 0.2) is 0 Å². The third kappa shape index (κ3) is 4.44. The number of phenolic OH excluding ortho intramolecular Hbond substituents is 1. The zero-order chi connectivity index (χ0) is 29.9. The van der Waals surface area contributed by atoms with Gasteiger partial charge < -0.3 is 30.2 Å². The zero-order valence-corrected chi connectivity index (χ0v) is 23.2. The summed E-state index contributed by atoms with van der Waals surface area (Å²) in [6, 6.07) is 14.4. The van der Waals surface area contributed by atoms with E-state index in [1.54, 1.807) is 26.0 Å². The summed E-state index contributed by atoms with van der Waals surface area (Å²) in [7, 11) is 0. The normalized spacial score (nSPS) is 21.4. The Hall–Kier alpha value is -4.84. The highest BCUT2D eigenvalue weighted by molar-refractivity contribution is 8.01. The molecule has 1 unspecified atom stereocenters. The van der Waals surface area contributed by atoms with E-state index in [9.17, 15) is 34.2 Å². The Bertz CT molecular complexity index is 1850. The highest BCUT2D eigenvalue weighted by Gasteiger charge is 2.64. The summed E-state index contributed by atoms with van der Waals surface area (Å²) in [5.74, 6) is -3.38. The van der Waals surface area contributed by atoms with Gasteiger partial charge in [0.05, 0.1) is 0 Å². The van der Waals surface area contributed by atoms with Crippen molar-refractivity contribution in [1.29, 1.82) is 0 Å². The number of aliphatic carboxylic acids is 1. The van der Waals surface area contributed by atoms with Crippen LogP contribution in [0.4, 0.5) is 0 Å². The van der Waals surface area contributed by atoms with Gasteiger partial charge in [0.2, 0.25) is 11.8 Å². The molecule has 4 atom stereocenters. The van der Waals surface area contributed by atoms with Crippen molar-refractivity contribution in [2.24, 2.45) is 0 Å². The van der Waals surface area contributed by atoms with Crippen LogP contribution < -0.4 is 16.3 Å². The van der Waals surface area contributed by atoms with Crippen LogP contribution in [0.25, 0.3) is 21.7 Å². The minimum absolute atomic E-state index is 0.0688. The number of fused-ring (bicyclic) bond motifs is 4. The molecule has 3 heterocycles. The molecular formula is C30H25N3O8S. The fraction of sp³-hybridized carbons (Fsp3) is 0.233. The third-order valence-electron chi connectivity index (χ3n) is 7.61. The first-order valence-corrected chi connectivity index (χ1v) is 13.9. The number of carbonyl (C=O) groups excluding carboxylic acids is 3. The van der Waals surface area contributed by atoms with E-state index in [0.717, 1.165) is 5.39 Å². The van der Waals surface area contributed by atoms with Crippen molar-refractivity contribution in [2.75, 3.05) is 0 Å². The van der Waals surface area contributed by atoms with Gasteiger partial charge in [-0.25, -0.2) is 9.59 Å². The predicted molar refractivity (Wildman–Crippen MR) is 154 cm³/mol. The van der Waals surface area contributed by atoms with Gasteiger partial charge in [-0.05, 0) is 43.0 Å². The Morgan fingerprint density at radius 3 is 2.40 bits per heavy atom. The number of β-lactam (4-membered cyclic amide) rings is 1. The van der Waals surface area contributed by atoms with Crippen LogP contribution in [0.5, 0.6) is 5.75 Å². The quantitative estimate of drug-likeness (QED) is 0.151. The van der Waals surface area contributed by atoms with Gasteiger partial charge in [0.25, 0.3) is 5.91 Å². The Balaban J connectivity index is 1.29. The van der Waals surface area contributed by atoms with Gasteiger partial charge in [-0.3, -0.25) is 14.4 Å². The van der Waals surface area contributed by atoms with Crippen molar-refractivity contribution in [1.82, 2.24) is 15.5 Å². The second kappa shape index (κ2) is 9.91. The van der Waals surface area contributed by atoms with Gasteiger partial charge in [-0.2, -0.15) is 0 Å². The molecule has 1 aromatic heterocycles. The van der Waals surface area contributed by atoms with Crippen molar-refractivity contribution in [2.45, 2.75) is 42.1 Å². The average Bonchev–Trinajstić information content (AvgIpc) is 3.22. The average molecular weight is 588 g/mol. The molecule has 214 valence electrons. The van der Waals surface area contributed by atoms with Gasteiger partial charge in [0, 0.05) is 15.5 Å². The lowest BCUT2D eigenvalue weighted by molar-refractivity contribution is -0.161. The van der Waals surface area contributed by atoms with Crippen molar-refractivity contribution in [3.63, 3.8) is 0 Å². The van der Waals surface area contributed by atoms with Crippen LogP contribution in [0.3, 0.4) is 0 Å². The highest BCUT2D eigenvalue weighted by Crippen LogP contribution is 2.50. The van der Waals surface area contributed by atoms with Crippen LogP contribution in [-0.2, 0) is 14.4 Å². The molecule has 0 bridgehead atoms. The molecule has 11 nitrogen and oxygen atoms in total. The molecule has 6 rings (SSSR count). The number of hydrogen-bond donors (Lipinski definition) is 4. The van der Waals surface area contributed by atoms with Crippen molar-refractivity contribution >= 4 is 57.2 Å². The van der Waals surface area contributed by atoms with Gasteiger partial charge in [-0.1, -0.05) is 48.5 Å². The van der Waals surface area contributed by atoms with Crippen LogP contribution in [-0.4, -0.2) is 61.0 Å². The number of thioether (sulfide) groups is 1. The molecule has 12 heteroatoms. The Kier molecular flexibility index (Phi) is 6.45. The molecule has 2 fully saturated rings. The van der Waals surface area contributed by atoms with Crippen LogP contribution in [0.2, 0.25) is 0 Å². The van der Waals surface area contributed by atoms with Crippen molar-refractivity contribution in [3.8, 4) is 5.75 Å². The van der Waals surface area contributed by atoms with E-state index in [4.69, 9.17) is 4.42 Å². The van der Waals surface area contributed by atoms with E-state index in [1.807, 2.05) is 24.3 Å². The summed E-state index contributed by atoms with van der Waals surface area (Å²) >= 11 is 1.27. The molecule has 0 aliphatic carbocycles. The minimum Gasteiger partial charge on any atom is -0.508 e. The van der Waals surface area contributed by atoms with Crippen molar-refractivity contribution < 1.29 is 33.8 Å². The van der Waals surface area contributed by atoms with E-state index in [0.29, 0.717) is 16.4 Å². The lowest BCUT2D eigenvalue weighted by atomic mass is 9.95. The lowest BCUT2D eigenvalue weighted by Crippen LogP contribution is -2.71. The molecule has 0 spiro atoms.